The molecule has 1 fully saturated rings. The Morgan fingerprint density at radius 1 is 1.54 bits per heavy atom. The van der Waals surface area contributed by atoms with Crippen molar-refractivity contribution in [1.82, 2.24) is 14.7 Å². The van der Waals surface area contributed by atoms with Crippen LogP contribution in [0.3, 0.4) is 0 Å². The predicted octanol–water partition coefficient (Wildman–Crippen LogP) is 2.71. The summed E-state index contributed by atoms with van der Waals surface area (Å²) in [6.45, 7) is 8.08. The van der Waals surface area contributed by atoms with Gasteiger partial charge in [-0.3, -0.25) is 0 Å². The second kappa shape index (κ2) is 7.29. The molecule has 1 saturated heterocycles. The maximum atomic E-state index is 13.2. The molecule has 0 aliphatic carbocycles. The Morgan fingerprint density at radius 2 is 2.25 bits per heavy atom. The van der Waals surface area contributed by atoms with Gasteiger partial charge in [0.15, 0.2) is 5.82 Å². The molecule has 0 bridgehead atoms. The first-order valence-electron chi connectivity index (χ1n) is 8.07. The first kappa shape index (κ1) is 18.4. The molecule has 1 amide bonds. The van der Waals surface area contributed by atoms with Crippen LogP contribution in [-0.2, 0) is 11.5 Å². The highest BCUT2D eigenvalue weighted by Gasteiger charge is 2.29. The predicted molar refractivity (Wildman–Crippen MR) is 87.7 cm³/mol. The van der Waals surface area contributed by atoms with E-state index in [1.165, 1.54) is 6.07 Å². The Kier molecular flexibility index (Phi) is 5.58. The molecule has 1 aliphatic heterocycles. The number of aliphatic hydroxyl groups is 1. The molecular weight excluding hydrogens is 315 g/mol. The fourth-order valence-corrected chi connectivity index (χ4v) is 2.65. The van der Waals surface area contributed by atoms with Crippen LogP contribution in [0.1, 0.15) is 40.5 Å². The largest absolute Gasteiger partial charge is 0.444 e. The van der Waals surface area contributed by atoms with Gasteiger partial charge in [-0.1, -0.05) is 0 Å². The van der Waals surface area contributed by atoms with Gasteiger partial charge in [0.1, 0.15) is 12.3 Å². The highest BCUT2D eigenvalue weighted by molar-refractivity contribution is 5.87. The summed E-state index contributed by atoms with van der Waals surface area (Å²) in [5.41, 5.74) is 0.246. The van der Waals surface area contributed by atoms with E-state index in [0.29, 0.717) is 13.1 Å². The summed E-state index contributed by atoms with van der Waals surface area (Å²) in [6.07, 6.45) is 1.42. The second-order valence-corrected chi connectivity index (χ2v) is 6.98. The molecule has 1 N–H and O–H groups in total. The van der Waals surface area contributed by atoms with Gasteiger partial charge in [0, 0.05) is 30.8 Å². The van der Waals surface area contributed by atoms with Gasteiger partial charge in [0.05, 0.1) is 0 Å². The third kappa shape index (κ3) is 4.77. The summed E-state index contributed by atoms with van der Waals surface area (Å²) in [5.74, 6) is -0.354. The number of ether oxygens (including phenoxy) is 1. The van der Waals surface area contributed by atoms with Crippen molar-refractivity contribution in [2.24, 2.45) is 10.9 Å². The molecule has 0 radical (unpaired) electrons. The van der Waals surface area contributed by atoms with Gasteiger partial charge in [-0.15, -0.1) is 5.10 Å². The first-order valence-corrected chi connectivity index (χ1v) is 8.07. The quantitative estimate of drug-likeness (QED) is 0.858. The molecule has 1 aromatic heterocycles. The van der Waals surface area contributed by atoms with E-state index in [1.54, 1.807) is 4.90 Å². The molecular formula is C16H25FN4O3. The zero-order chi connectivity index (χ0) is 17.9. The number of piperidine rings is 1. The number of carbonyl (C=O) groups is 1. The smallest absolute Gasteiger partial charge is 0.410 e. The van der Waals surface area contributed by atoms with E-state index >= 15 is 0 Å². The van der Waals surface area contributed by atoms with Crippen molar-refractivity contribution >= 4 is 17.6 Å². The summed E-state index contributed by atoms with van der Waals surface area (Å²) in [7, 11) is 0. The van der Waals surface area contributed by atoms with Crippen LogP contribution in [0.15, 0.2) is 11.1 Å². The van der Waals surface area contributed by atoms with E-state index in [-0.39, 0.29) is 17.8 Å². The zero-order valence-electron chi connectivity index (χ0n) is 14.6. The topological polar surface area (TPSA) is 80.0 Å². The Hall–Kier alpha value is -1.96. The van der Waals surface area contributed by atoms with Crippen molar-refractivity contribution in [2.75, 3.05) is 13.1 Å². The molecule has 1 aliphatic rings. The molecule has 134 valence electrons. The molecule has 8 heteroatoms. The van der Waals surface area contributed by atoms with Crippen molar-refractivity contribution < 1.29 is 19.0 Å². The van der Waals surface area contributed by atoms with Crippen molar-refractivity contribution in [2.45, 2.75) is 52.9 Å². The summed E-state index contributed by atoms with van der Waals surface area (Å²) in [5, 5.41) is 12.7. The second-order valence-electron chi connectivity index (χ2n) is 6.98. The van der Waals surface area contributed by atoms with E-state index < -0.39 is 18.3 Å². The minimum absolute atomic E-state index is 0.0661. The third-order valence-electron chi connectivity index (χ3n) is 3.82. The molecule has 1 atom stereocenters. The number of nitrogens with zero attached hydrogens (tertiary/aromatic N) is 4. The van der Waals surface area contributed by atoms with Crippen molar-refractivity contribution in [3.63, 3.8) is 0 Å². The van der Waals surface area contributed by atoms with Gasteiger partial charge in [0.25, 0.3) is 0 Å². The van der Waals surface area contributed by atoms with Gasteiger partial charge >= 0.3 is 6.09 Å². The number of hydrogen-bond acceptors (Lipinski definition) is 5. The number of aromatic nitrogens is 2. The van der Waals surface area contributed by atoms with Crippen molar-refractivity contribution in [3.8, 4) is 0 Å². The lowest BCUT2D eigenvalue weighted by Crippen LogP contribution is -2.44. The fourth-order valence-electron chi connectivity index (χ4n) is 2.65. The van der Waals surface area contributed by atoms with Crippen molar-refractivity contribution in [1.29, 1.82) is 0 Å². The maximum Gasteiger partial charge on any atom is 0.410 e. The molecule has 0 aromatic carbocycles. The van der Waals surface area contributed by atoms with E-state index in [4.69, 9.17) is 4.74 Å². The van der Waals surface area contributed by atoms with Crippen LogP contribution in [0.2, 0.25) is 0 Å². The Bertz CT molecular complexity index is 621. The molecule has 0 saturated carbocycles. The minimum Gasteiger partial charge on any atom is -0.444 e. The number of hydrogen-bond donors (Lipinski definition) is 1. The van der Waals surface area contributed by atoms with Gasteiger partial charge < -0.3 is 14.7 Å². The highest BCUT2D eigenvalue weighted by atomic mass is 19.1. The van der Waals surface area contributed by atoms with Gasteiger partial charge in [0.2, 0.25) is 5.95 Å². The van der Waals surface area contributed by atoms with Gasteiger partial charge in [-0.2, -0.15) is 4.39 Å². The molecule has 1 unspecified atom stereocenters. The van der Waals surface area contributed by atoms with Crippen LogP contribution < -0.4 is 0 Å². The first-order chi connectivity index (χ1) is 11.2. The molecule has 0 spiro atoms. The lowest BCUT2D eigenvalue weighted by atomic mass is 9.94. The van der Waals surface area contributed by atoms with Crippen molar-refractivity contribution in [3.05, 3.63) is 12.0 Å². The number of carbonyl (C=O) groups excluding carboxylic acids is 1. The highest BCUT2D eigenvalue weighted by Crippen LogP contribution is 2.23. The normalized spacial score (nSPS) is 19.5. The van der Waals surface area contributed by atoms with Crippen LogP contribution in [0.5, 0.6) is 0 Å². The molecule has 2 heterocycles. The zero-order valence-corrected chi connectivity index (χ0v) is 14.6. The van der Waals surface area contributed by atoms with Crippen LogP contribution in [0, 0.1) is 11.9 Å². The minimum atomic E-state index is -0.686. The Labute approximate surface area is 141 Å². The standard InChI is InChI=1S/C16H25FN4O3/c1-11(18-14-8-13(17)19-21(14)10-22)12-6-5-7-20(9-12)15(23)24-16(2,3)4/h8,12,22H,5-7,9-10H2,1-4H3/b18-11+. The van der Waals surface area contributed by atoms with Gasteiger partial charge in [-0.05, 0) is 40.5 Å². The van der Waals surface area contributed by atoms with Crippen LogP contribution >= 0.6 is 0 Å². The maximum absolute atomic E-state index is 13.2. The summed E-state index contributed by atoms with van der Waals surface area (Å²) < 4.78 is 19.7. The number of aliphatic imine (C=N–C) groups is 1. The summed E-state index contributed by atoms with van der Waals surface area (Å²) >= 11 is 0. The van der Waals surface area contributed by atoms with E-state index in [2.05, 4.69) is 10.1 Å². The number of halogens is 1. The number of rotatable bonds is 3. The monoisotopic (exact) mass is 340 g/mol. The number of aliphatic hydroxyl groups excluding tert-OH is 1. The lowest BCUT2D eigenvalue weighted by molar-refractivity contribution is 0.0194. The van der Waals surface area contributed by atoms with Crippen LogP contribution in [0.25, 0.3) is 0 Å². The molecule has 1 aromatic rings. The summed E-state index contributed by atoms with van der Waals surface area (Å²) in [4.78, 5) is 18.3. The average molecular weight is 340 g/mol. The third-order valence-corrected chi connectivity index (χ3v) is 3.82. The number of likely N-dealkylation sites (tertiary alicyclic amines) is 1. The molecule has 7 nitrogen and oxygen atoms in total. The van der Waals surface area contributed by atoms with Crippen LogP contribution in [0.4, 0.5) is 15.0 Å². The molecule has 24 heavy (non-hydrogen) atoms. The van der Waals surface area contributed by atoms with E-state index in [0.717, 1.165) is 23.2 Å². The Morgan fingerprint density at radius 3 is 2.88 bits per heavy atom. The van der Waals surface area contributed by atoms with E-state index in [9.17, 15) is 14.3 Å². The SMILES string of the molecule is C/C(=N\c1cc(F)nn1CO)C1CCCN(C(=O)OC(C)(C)C)C1. The lowest BCUT2D eigenvalue weighted by Gasteiger charge is -2.34. The average Bonchev–Trinajstić information content (AvgIpc) is 2.85. The molecule has 2 rings (SSSR count). The summed E-state index contributed by atoms with van der Waals surface area (Å²) in [6, 6.07) is 1.17. The van der Waals surface area contributed by atoms with Crippen LogP contribution in [-0.4, -0.2) is 50.3 Å². The Balaban J connectivity index is 2.08. The fraction of sp³-hybridized carbons (Fsp3) is 0.688. The van der Waals surface area contributed by atoms with E-state index in [1.807, 2.05) is 27.7 Å². The number of amides is 1. The van der Waals surface area contributed by atoms with Gasteiger partial charge in [-0.25, -0.2) is 14.5 Å².